The third-order valence-electron chi connectivity index (χ3n) is 4.68. The van der Waals surface area contributed by atoms with Crippen LogP contribution in [0.5, 0.6) is 0 Å². The lowest BCUT2D eigenvalue weighted by atomic mass is 9.96. The highest BCUT2D eigenvalue weighted by Crippen LogP contribution is 2.38. The first kappa shape index (κ1) is 12.7. The number of hydrogen-bond donors (Lipinski definition) is 1. The number of aryl methyl sites for hydroxylation is 1. The number of nitrogens with zero attached hydrogens (tertiary/aromatic N) is 3. The average molecular weight is 260 g/mol. The molecule has 3 rings (SSSR count). The minimum Gasteiger partial charge on any atom is -0.357 e. The quantitative estimate of drug-likeness (QED) is 0.907. The summed E-state index contributed by atoms with van der Waals surface area (Å²) < 4.78 is 0. The maximum atomic E-state index is 4.70. The SMILES string of the molecule is CNc1ncc(C)c(N2CCCC2C2CCCC2)n1. The topological polar surface area (TPSA) is 41.1 Å². The second-order valence-corrected chi connectivity index (χ2v) is 5.90. The van der Waals surface area contributed by atoms with E-state index in [2.05, 4.69) is 22.1 Å². The molecule has 1 unspecified atom stereocenters. The third kappa shape index (κ3) is 2.40. The minimum atomic E-state index is 0.709. The number of aromatic nitrogens is 2. The first-order chi connectivity index (χ1) is 9.29. The molecule has 1 aromatic heterocycles. The molecule has 0 amide bonds. The second-order valence-electron chi connectivity index (χ2n) is 5.90. The maximum Gasteiger partial charge on any atom is 0.224 e. The number of anilines is 2. The zero-order valence-electron chi connectivity index (χ0n) is 12.0. The van der Waals surface area contributed by atoms with Gasteiger partial charge in [-0.15, -0.1) is 0 Å². The molecule has 104 valence electrons. The summed E-state index contributed by atoms with van der Waals surface area (Å²) >= 11 is 0. The van der Waals surface area contributed by atoms with Crippen LogP contribution in [0.4, 0.5) is 11.8 Å². The molecule has 1 saturated heterocycles. The summed E-state index contributed by atoms with van der Waals surface area (Å²) in [6, 6.07) is 0.709. The number of rotatable bonds is 3. The molecule has 0 aromatic carbocycles. The van der Waals surface area contributed by atoms with Crippen LogP contribution in [0.3, 0.4) is 0 Å². The molecule has 2 fully saturated rings. The number of nitrogens with one attached hydrogen (secondary N) is 1. The Hall–Kier alpha value is -1.32. The van der Waals surface area contributed by atoms with Gasteiger partial charge in [0, 0.05) is 31.4 Å². The Morgan fingerprint density at radius 3 is 2.74 bits per heavy atom. The van der Waals surface area contributed by atoms with Gasteiger partial charge >= 0.3 is 0 Å². The normalized spacial score (nSPS) is 24.1. The van der Waals surface area contributed by atoms with E-state index in [0.717, 1.165) is 24.2 Å². The first-order valence-corrected chi connectivity index (χ1v) is 7.57. The Bertz CT molecular complexity index is 440. The van der Waals surface area contributed by atoms with Crippen LogP contribution in [0.15, 0.2) is 6.20 Å². The lowest BCUT2D eigenvalue weighted by Crippen LogP contribution is -2.35. The molecule has 0 spiro atoms. The van der Waals surface area contributed by atoms with Crippen molar-refractivity contribution in [2.24, 2.45) is 5.92 Å². The second kappa shape index (κ2) is 5.35. The monoisotopic (exact) mass is 260 g/mol. The van der Waals surface area contributed by atoms with Crippen LogP contribution in [-0.4, -0.2) is 29.6 Å². The molecule has 2 aliphatic rings. The molecule has 1 aliphatic heterocycles. The molecule has 1 N–H and O–H groups in total. The summed E-state index contributed by atoms with van der Waals surface area (Å²) in [6.07, 6.45) is 10.2. The highest BCUT2D eigenvalue weighted by Gasteiger charge is 2.34. The van der Waals surface area contributed by atoms with Gasteiger partial charge in [0.1, 0.15) is 5.82 Å². The van der Waals surface area contributed by atoms with E-state index in [1.54, 1.807) is 0 Å². The summed E-state index contributed by atoms with van der Waals surface area (Å²) in [5, 5.41) is 3.05. The van der Waals surface area contributed by atoms with Gasteiger partial charge in [-0.3, -0.25) is 0 Å². The average Bonchev–Trinajstić information content (AvgIpc) is 3.09. The largest absolute Gasteiger partial charge is 0.357 e. The van der Waals surface area contributed by atoms with E-state index in [9.17, 15) is 0 Å². The van der Waals surface area contributed by atoms with E-state index in [4.69, 9.17) is 4.98 Å². The van der Waals surface area contributed by atoms with E-state index in [-0.39, 0.29) is 0 Å². The van der Waals surface area contributed by atoms with Crippen LogP contribution in [0.25, 0.3) is 0 Å². The molecule has 4 heteroatoms. The Morgan fingerprint density at radius 2 is 2.00 bits per heavy atom. The zero-order valence-corrected chi connectivity index (χ0v) is 12.0. The fourth-order valence-corrected chi connectivity index (χ4v) is 3.73. The summed E-state index contributed by atoms with van der Waals surface area (Å²) in [6.45, 7) is 3.28. The Morgan fingerprint density at radius 1 is 1.21 bits per heavy atom. The molecular formula is C15H24N4. The van der Waals surface area contributed by atoms with E-state index in [1.807, 2.05) is 13.2 Å². The Balaban J connectivity index is 1.87. The standard InChI is InChI=1S/C15H24N4/c1-11-10-17-15(16-2)18-14(11)19-9-5-8-13(19)12-6-3-4-7-12/h10,12-13H,3-9H2,1-2H3,(H,16,17,18). The van der Waals surface area contributed by atoms with Crippen molar-refractivity contribution in [1.82, 2.24) is 9.97 Å². The van der Waals surface area contributed by atoms with Gasteiger partial charge < -0.3 is 10.2 Å². The minimum absolute atomic E-state index is 0.709. The summed E-state index contributed by atoms with van der Waals surface area (Å²) in [5.74, 6) is 2.77. The molecule has 1 atom stereocenters. The summed E-state index contributed by atoms with van der Waals surface area (Å²) in [7, 11) is 1.88. The summed E-state index contributed by atoms with van der Waals surface area (Å²) in [5.41, 5.74) is 1.20. The van der Waals surface area contributed by atoms with Crippen molar-refractivity contribution in [2.75, 3.05) is 23.8 Å². The lowest BCUT2D eigenvalue weighted by Gasteiger charge is -2.31. The number of hydrogen-bond acceptors (Lipinski definition) is 4. The van der Waals surface area contributed by atoms with Gasteiger partial charge in [-0.25, -0.2) is 4.98 Å². The van der Waals surface area contributed by atoms with Crippen molar-refractivity contribution >= 4 is 11.8 Å². The maximum absolute atomic E-state index is 4.70. The summed E-state index contributed by atoms with van der Waals surface area (Å²) in [4.78, 5) is 11.6. The van der Waals surface area contributed by atoms with Crippen molar-refractivity contribution in [3.05, 3.63) is 11.8 Å². The molecule has 2 heterocycles. The third-order valence-corrected chi connectivity index (χ3v) is 4.68. The van der Waals surface area contributed by atoms with Crippen molar-refractivity contribution in [3.63, 3.8) is 0 Å². The van der Waals surface area contributed by atoms with Crippen molar-refractivity contribution in [1.29, 1.82) is 0 Å². The van der Waals surface area contributed by atoms with Crippen LogP contribution in [-0.2, 0) is 0 Å². The van der Waals surface area contributed by atoms with Crippen molar-refractivity contribution < 1.29 is 0 Å². The molecule has 4 nitrogen and oxygen atoms in total. The fraction of sp³-hybridized carbons (Fsp3) is 0.733. The van der Waals surface area contributed by atoms with E-state index >= 15 is 0 Å². The van der Waals surface area contributed by atoms with Gasteiger partial charge in [-0.1, -0.05) is 12.8 Å². The van der Waals surface area contributed by atoms with Crippen LogP contribution in [0, 0.1) is 12.8 Å². The van der Waals surface area contributed by atoms with Gasteiger partial charge in [0.15, 0.2) is 0 Å². The molecule has 19 heavy (non-hydrogen) atoms. The Labute approximate surface area is 115 Å². The molecule has 0 radical (unpaired) electrons. The highest BCUT2D eigenvalue weighted by molar-refractivity contribution is 5.50. The zero-order chi connectivity index (χ0) is 13.2. The molecule has 1 saturated carbocycles. The molecule has 0 bridgehead atoms. The van der Waals surface area contributed by atoms with E-state index < -0.39 is 0 Å². The van der Waals surface area contributed by atoms with Gasteiger partial charge in [0.05, 0.1) is 0 Å². The lowest BCUT2D eigenvalue weighted by molar-refractivity contribution is 0.429. The molecule has 1 aliphatic carbocycles. The van der Waals surface area contributed by atoms with Gasteiger partial charge in [0.25, 0.3) is 0 Å². The van der Waals surface area contributed by atoms with Crippen molar-refractivity contribution in [2.45, 2.75) is 51.5 Å². The van der Waals surface area contributed by atoms with Gasteiger partial charge in [-0.05, 0) is 38.5 Å². The first-order valence-electron chi connectivity index (χ1n) is 7.57. The van der Waals surface area contributed by atoms with Crippen LogP contribution in [0.2, 0.25) is 0 Å². The highest BCUT2D eigenvalue weighted by atomic mass is 15.3. The van der Waals surface area contributed by atoms with Crippen LogP contribution in [0.1, 0.15) is 44.1 Å². The predicted octanol–water partition coefficient (Wildman–Crippen LogP) is 2.99. The fourth-order valence-electron chi connectivity index (χ4n) is 3.73. The Kier molecular flexibility index (Phi) is 3.58. The van der Waals surface area contributed by atoms with E-state index in [0.29, 0.717) is 6.04 Å². The van der Waals surface area contributed by atoms with Gasteiger partial charge in [-0.2, -0.15) is 4.98 Å². The van der Waals surface area contributed by atoms with Crippen LogP contribution >= 0.6 is 0 Å². The van der Waals surface area contributed by atoms with Gasteiger partial charge in [0.2, 0.25) is 5.95 Å². The smallest absolute Gasteiger partial charge is 0.224 e. The van der Waals surface area contributed by atoms with Crippen LogP contribution < -0.4 is 10.2 Å². The molecular weight excluding hydrogens is 236 g/mol. The predicted molar refractivity (Wildman–Crippen MR) is 78.6 cm³/mol. The molecule has 1 aromatic rings. The van der Waals surface area contributed by atoms with Crippen molar-refractivity contribution in [3.8, 4) is 0 Å². The van der Waals surface area contributed by atoms with E-state index in [1.165, 1.54) is 44.1 Å².